The van der Waals surface area contributed by atoms with Gasteiger partial charge in [0.15, 0.2) is 0 Å². The molecule has 0 aliphatic carbocycles. The predicted molar refractivity (Wildman–Crippen MR) is 100 cm³/mol. The molecule has 0 unspecified atom stereocenters. The van der Waals surface area contributed by atoms with Gasteiger partial charge < -0.3 is 24.4 Å². The molecule has 1 saturated heterocycles. The summed E-state index contributed by atoms with van der Waals surface area (Å²) < 4.78 is 15.5. The van der Waals surface area contributed by atoms with E-state index in [1.165, 1.54) is 7.11 Å². The van der Waals surface area contributed by atoms with Crippen molar-refractivity contribution in [3.8, 4) is 0 Å². The van der Waals surface area contributed by atoms with Crippen molar-refractivity contribution in [2.75, 3.05) is 20.2 Å². The van der Waals surface area contributed by atoms with Gasteiger partial charge in [-0.2, -0.15) is 0 Å². The van der Waals surface area contributed by atoms with Crippen LogP contribution < -0.4 is 5.32 Å². The fraction of sp³-hybridized carbons (Fsp3) is 0.842. The Hall–Kier alpha value is -1.99. The van der Waals surface area contributed by atoms with Gasteiger partial charge in [-0.15, -0.1) is 0 Å². The van der Waals surface area contributed by atoms with E-state index in [1.807, 2.05) is 20.8 Å². The van der Waals surface area contributed by atoms with E-state index >= 15 is 0 Å². The summed E-state index contributed by atoms with van der Waals surface area (Å²) >= 11 is 0. The van der Waals surface area contributed by atoms with Crippen LogP contribution in [0.2, 0.25) is 0 Å². The van der Waals surface area contributed by atoms with E-state index in [1.54, 1.807) is 25.7 Å². The van der Waals surface area contributed by atoms with Crippen molar-refractivity contribution in [3.05, 3.63) is 0 Å². The van der Waals surface area contributed by atoms with Crippen LogP contribution in [0.5, 0.6) is 0 Å². The highest BCUT2D eigenvalue weighted by molar-refractivity contribution is 5.71. The topological polar surface area (TPSA) is 94.2 Å². The van der Waals surface area contributed by atoms with Crippen molar-refractivity contribution < 1.29 is 28.6 Å². The minimum atomic E-state index is -0.616. The number of ether oxygens (including phenoxy) is 3. The van der Waals surface area contributed by atoms with Crippen LogP contribution in [-0.2, 0) is 19.0 Å². The van der Waals surface area contributed by atoms with Crippen molar-refractivity contribution in [3.63, 3.8) is 0 Å². The lowest BCUT2D eigenvalue weighted by molar-refractivity contribution is -0.142. The van der Waals surface area contributed by atoms with Gasteiger partial charge >= 0.3 is 18.2 Å². The number of carbonyl (C=O) groups is 3. The van der Waals surface area contributed by atoms with Crippen molar-refractivity contribution >= 4 is 18.2 Å². The number of nitrogens with zero attached hydrogens (tertiary/aromatic N) is 1. The number of alkyl carbamates (subject to hydrolysis) is 1. The van der Waals surface area contributed by atoms with Crippen molar-refractivity contribution in [2.24, 2.45) is 5.92 Å². The standard InChI is InChI=1S/C19H34N2O6/c1-18(2,3)26-16(23)20-14-9-11-21(17(24)27-19(4,5)6)10-8-13(14)12-15(22)25-7/h13-14H,8-12H2,1-7H3,(H,20,23)/t13-,14-/m1/s1. The monoisotopic (exact) mass is 386 g/mol. The highest BCUT2D eigenvalue weighted by Crippen LogP contribution is 2.24. The molecule has 2 amide bonds. The maximum atomic E-state index is 12.4. The van der Waals surface area contributed by atoms with E-state index in [-0.39, 0.29) is 24.3 Å². The molecule has 1 aliphatic rings. The van der Waals surface area contributed by atoms with E-state index in [9.17, 15) is 14.4 Å². The van der Waals surface area contributed by atoms with Crippen LogP contribution in [0, 0.1) is 5.92 Å². The number of nitrogens with one attached hydrogen (secondary N) is 1. The molecule has 0 bridgehead atoms. The predicted octanol–water partition coefficient (Wildman–Crippen LogP) is 3.09. The Morgan fingerprint density at radius 3 is 2.04 bits per heavy atom. The number of methoxy groups -OCH3 is 1. The van der Waals surface area contributed by atoms with Crippen LogP contribution in [0.4, 0.5) is 9.59 Å². The first-order valence-corrected chi connectivity index (χ1v) is 9.35. The summed E-state index contributed by atoms with van der Waals surface area (Å²) in [6.07, 6.45) is 0.291. The summed E-state index contributed by atoms with van der Waals surface area (Å²) in [5.41, 5.74) is -1.20. The number of carbonyl (C=O) groups excluding carboxylic acids is 3. The molecule has 0 aromatic heterocycles. The van der Waals surface area contributed by atoms with Crippen molar-refractivity contribution in [1.29, 1.82) is 0 Å². The smallest absolute Gasteiger partial charge is 0.410 e. The molecule has 0 radical (unpaired) electrons. The van der Waals surface area contributed by atoms with E-state index in [0.29, 0.717) is 25.9 Å². The van der Waals surface area contributed by atoms with Gasteiger partial charge in [0.2, 0.25) is 0 Å². The lowest BCUT2D eigenvalue weighted by Crippen LogP contribution is -2.44. The molecular weight excluding hydrogens is 352 g/mol. The molecule has 1 fully saturated rings. The minimum Gasteiger partial charge on any atom is -0.469 e. The van der Waals surface area contributed by atoms with Crippen LogP contribution in [0.15, 0.2) is 0 Å². The van der Waals surface area contributed by atoms with Crippen molar-refractivity contribution in [2.45, 2.75) is 78.0 Å². The average Bonchev–Trinajstić information content (AvgIpc) is 2.66. The number of rotatable bonds is 3. The summed E-state index contributed by atoms with van der Waals surface area (Å²) in [5, 5.41) is 2.85. The Labute approximate surface area is 161 Å². The van der Waals surface area contributed by atoms with Gasteiger partial charge in [0.25, 0.3) is 0 Å². The van der Waals surface area contributed by atoms with Crippen LogP contribution >= 0.6 is 0 Å². The summed E-state index contributed by atoms with van der Waals surface area (Å²) in [4.78, 5) is 38.0. The highest BCUT2D eigenvalue weighted by Gasteiger charge is 2.33. The zero-order valence-corrected chi connectivity index (χ0v) is 17.6. The SMILES string of the molecule is COC(=O)C[C@H]1CCN(C(=O)OC(C)(C)C)CC[C@H]1NC(=O)OC(C)(C)C. The molecule has 0 spiro atoms. The van der Waals surface area contributed by atoms with Gasteiger partial charge in [0.1, 0.15) is 11.2 Å². The molecule has 1 rings (SSSR count). The Kier molecular flexibility index (Phi) is 7.92. The third kappa shape index (κ3) is 8.97. The molecule has 8 heteroatoms. The first-order chi connectivity index (χ1) is 12.3. The van der Waals surface area contributed by atoms with E-state index < -0.39 is 23.4 Å². The van der Waals surface area contributed by atoms with Gasteiger partial charge in [-0.3, -0.25) is 4.79 Å². The molecule has 1 N–H and O–H groups in total. The summed E-state index contributed by atoms with van der Waals surface area (Å²) in [6.45, 7) is 11.7. The molecule has 0 aromatic rings. The molecule has 1 aliphatic heterocycles. The maximum absolute atomic E-state index is 12.4. The van der Waals surface area contributed by atoms with Gasteiger partial charge in [-0.25, -0.2) is 9.59 Å². The Bertz CT molecular complexity index is 535. The number of hydrogen-bond donors (Lipinski definition) is 1. The molecular formula is C19H34N2O6. The lowest BCUT2D eigenvalue weighted by atomic mass is 9.91. The molecule has 8 nitrogen and oxygen atoms in total. The molecule has 1 heterocycles. The van der Waals surface area contributed by atoms with Gasteiger partial charge in [0.05, 0.1) is 13.5 Å². The van der Waals surface area contributed by atoms with Gasteiger partial charge in [-0.05, 0) is 60.3 Å². The highest BCUT2D eigenvalue weighted by atomic mass is 16.6. The summed E-state index contributed by atoms with van der Waals surface area (Å²) in [7, 11) is 1.34. The molecule has 156 valence electrons. The summed E-state index contributed by atoms with van der Waals surface area (Å²) in [5.74, 6) is -0.501. The van der Waals surface area contributed by atoms with Crippen LogP contribution in [-0.4, -0.2) is 60.5 Å². The van der Waals surface area contributed by atoms with Crippen molar-refractivity contribution in [1.82, 2.24) is 10.2 Å². The summed E-state index contributed by atoms with van der Waals surface area (Å²) in [6, 6.07) is -0.300. The Morgan fingerprint density at radius 1 is 0.963 bits per heavy atom. The number of esters is 1. The third-order valence-electron chi connectivity index (χ3n) is 4.06. The van der Waals surface area contributed by atoms with E-state index in [4.69, 9.17) is 14.2 Å². The lowest BCUT2D eigenvalue weighted by Gasteiger charge is -2.27. The van der Waals surface area contributed by atoms with Crippen LogP contribution in [0.25, 0.3) is 0 Å². The second-order valence-corrected chi connectivity index (χ2v) is 8.84. The second kappa shape index (κ2) is 9.28. The molecule has 0 saturated carbocycles. The van der Waals surface area contributed by atoms with Crippen LogP contribution in [0.3, 0.4) is 0 Å². The zero-order valence-electron chi connectivity index (χ0n) is 17.6. The van der Waals surface area contributed by atoms with Gasteiger partial charge in [0, 0.05) is 19.1 Å². The maximum Gasteiger partial charge on any atom is 0.410 e. The quantitative estimate of drug-likeness (QED) is 0.592. The largest absolute Gasteiger partial charge is 0.469 e. The number of amides is 2. The third-order valence-corrected chi connectivity index (χ3v) is 4.06. The second-order valence-electron chi connectivity index (χ2n) is 8.84. The van der Waals surface area contributed by atoms with E-state index in [2.05, 4.69) is 5.32 Å². The average molecular weight is 386 g/mol. The van der Waals surface area contributed by atoms with Gasteiger partial charge in [-0.1, -0.05) is 0 Å². The first-order valence-electron chi connectivity index (χ1n) is 9.35. The van der Waals surface area contributed by atoms with Crippen LogP contribution in [0.1, 0.15) is 60.8 Å². The first kappa shape index (κ1) is 23.0. The Balaban J connectivity index is 2.83. The molecule has 27 heavy (non-hydrogen) atoms. The number of hydrogen-bond acceptors (Lipinski definition) is 6. The Morgan fingerprint density at radius 2 is 1.52 bits per heavy atom. The fourth-order valence-electron chi connectivity index (χ4n) is 2.87. The fourth-order valence-corrected chi connectivity index (χ4v) is 2.87. The normalized spacial score (nSPS) is 21.1. The van der Waals surface area contributed by atoms with E-state index in [0.717, 1.165) is 0 Å². The zero-order chi connectivity index (χ0) is 20.8. The minimum absolute atomic E-state index is 0.155. The number of likely N-dealkylation sites (tertiary alicyclic amines) is 1. The molecule has 2 atom stereocenters. The molecule has 0 aromatic carbocycles.